The molecule has 0 fully saturated rings. The van der Waals surface area contributed by atoms with Gasteiger partial charge in [-0.15, -0.1) is 0 Å². The Bertz CT molecular complexity index is 1100. The van der Waals surface area contributed by atoms with Gasteiger partial charge >= 0.3 is 5.97 Å². The molecule has 31 heavy (non-hydrogen) atoms. The standard InChI is InChI=1S/C26H26N2O3/c1-2-3-4-5-6-7-18-8-10-19(11-9-18)22-13-12-20(14-21(22)16-27)24-15-23(26(30)31)25(29)17-28-24/h8-15,17,29H,2-7H2,1H3,(H,30,31). The van der Waals surface area contributed by atoms with E-state index in [-0.39, 0.29) is 11.3 Å². The van der Waals surface area contributed by atoms with E-state index < -0.39 is 5.97 Å². The first kappa shape index (κ1) is 22.0. The van der Waals surface area contributed by atoms with Crippen LogP contribution in [-0.4, -0.2) is 21.2 Å². The van der Waals surface area contributed by atoms with Crippen LogP contribution in [0.5, 0.6) is 5.75 Å². The van der Waals surface area contributed by atoms with Crippen molar-refractivity contribution in [3.8, 4) is 34.2 Å². The molecule has 3 aromatic rings. The van der Waals surface area contributed by atoms with Gasteiger partial charge in [0.25, 0.3) is 0 Å². The Balaban J connectivity index is 1.80. The lowest BCUT2D eigenvalue weighted by Crippen LogP contribution is -1.98. The van der Waals surface area contributed by atoms with Gasteiger partial charge in [0.1, 0.15) is 11.3 Å². The molecule has 0 aliphatic carbocycles. The van der Waals surface area contributed by atoms with Crippen LogP contribution in [0.25, 0.3) is 22.4 Å². The summed E-state index contributed by atoms with van der Waals surface area (Å²) in [5, 5.41) is 28.5. The molecule has 0 aliphatic rings. The highest BCUT2D eigenvalue weighted by molar-refractivity contribution is 5.92. The number of nitrogens with zero attached hydrogens (tertiary/aromatic N) is 2. The number of aryl methyl sites for hydroxylation is 1. The second-order valence-corrected chi connectivity index (χ2v) is 7.63. The minimum absolute atomic E-state index is 0.224. The predicted molar refractivity (Wildman–Crippen MR) is 121 cm³/mol. The number of carboxylic acid groups (broad SMARTS) is 1. The lowest BCUT2D eigenvalue weighted by atomic mass is 9.95. The zero-order valence-electron chi connectivity index (χ0n) is 17.6. The first-order valence-electron chi connectivity index (χ1n) is 10.6. The van der Waals surface area contributed by atoms with Crippen molar-refractivity contribution in [1.82, 2.24) is 4.98 Å². The van der Waals surface area contributed by atoms with E-state index in [0.29, 0.717) is 16.8 Å². The molecule has 0 saturated heterocycles. The van der Waals surface area contributed by atoms with Crippen LogP contribution < -0.4 is 0 Å². The van der Waals surface area contributed by atoms with Crippen LogP contribution in [0.1, 0.15) is 60.5 Å². The molecule has 2 aromatic carbocycles. The van der Waals surface area contributed by atoms with Crippen LogP contribution >= 0.6 is 0 Å². The number of aromatic carboxylic acids is 1. The fraction of sp³-hybridized carbons (Fsp3) is 0.269. The molecule has 0 atom stereocenters. The van der Waals surface area contributed by atoms with E-state index in [2.05, 4.69) is 30.1 Å². The molecule has 0 aliphatic heterocycles. The number of hydrogen-bond donors (Lipinski definition) is 2. The molecule has 0 saturated carbocycles. The van der Waals surface area contributed by atoms with Crippen molar-refractivity contribution in [3.05, 3.63) is 71.4 Å². The Morgan fingerprint density at radius 3 is 2.39 bits per heavy atom. The van der Waals surface area contributed by atoms with Crippen molar-refractivity contribution in [2.75, 3.05) is 0 Å². The average molecular weight is 415 g/mol. The monoisotopic (exact) mass is 414 g/mol. The van der Waals surface area contributed by atoms with Crippen LogP contribution in [-0.2, 0) is 6.42 Å². The van der Waals surface area contributed by atoms with Gasteiger partial charge in [-0.1, -0.05) is 69.0 Å². The number of carbonyl (C=O) groups is 1. The summed E-state index contributed by atoms with van der Waals surface area (Å²) in [6.07, 6.45) is 8.45. The summed E-state index contributed by atoms with van der Waals surface area (Å²) in [5.74, 6) is -1.62. The maximum absolute atomic E-state index is 11.3. The van der Waals surface area contributed by atoms with Gasteiger partial charge in [-0.05, 0) is 41.7 Å². The first-order chi connectivity index (χ1) is 15.0. The smallest absolute Gasteiger partial charge is 0.339 e. The molecule has 5 nitrogen and oxygen atoms in total. The van der Waals surface area contributed by atoms with Crippen molar-refractivity contribution in [1.29, 1.82) is 5.26 Å². The molecular formula is C26H26N2O3. The molecule has 158 valence electrons. The van der Waals surface area contributed by atoms with Gasteiger partial charge in [-0.25, -0.2) is 4.79 Å². The van der Waals surface area contributed by atoms with Crippen molar-refractivity contribution in [2.24, 2.45) is 0 Å². The van der Waals surface area contributed by atoms with Crippen molar-refractivity contribution >= 4 is 5.97 Å². The van der Waals surface area contributed by atoms with Gasteiger partial charge in [0.2, 0.25) is 0 Å². The molecule has 0 unspecified atom stereocenters. The fourth-order valence-corrected chi connectivity index (χ4v) is 3.61. The third-order valence-corrected chi connectivity index (χ3v) is 5.38. The fourth-order valence-electron chi connectivity index (χ4n) is 3.61. The zero-order valence-corrected chi connectivity index (χ0v) is 17.6. The molecular weight excluding hydrogens is 388 g/mol. The third kappa shape index (κ3) is 5.49. The number of unbranched alkanes of at least 4 members (excludes halogenated alkanes) is 4. The summed E-state index contributed by atoms with van der Waals surface area (Å²) in [7, 11) is 0. The molecule has 3 rings (SSSR count). The second kappa shape index (κ2) is 10.4. The van der Waals surface area contributed by atoms with Gasteiger partial charge < -0.3 is 10.2 Å². The highest BCUT2D eigenvalue weighted by Crippen LogP contribution is 2.30. The Morgan fingerprint density at radius 2 is 1.71 bits per heavy atom. The number of benzene rings is 2. The van der Waals surface area contributed by atoms with E-state index >= 15 is 0 Å². The molecule has 1 heterocycles. The van der Waals surface area contributed by atoms with Crippen LogP contribution in [0.4, 0.5) is 0 Å². The number of aromatic hydroxyl groups is 1. The summed E-state index contributed by atoms with van der Waals surface area (Å²) in [5.41, 5.74) is 4.34. The average Bonchev–Trinajstić information content (AvgIpc) is 2.79. The van der Waals surface area contributed by atoms with Crippen molar-refractivity contribution in [3.63, 3.8) is 0 Å². The van der Waals surface area contributed by atoms with E-state index in [1.54, 1.807) is 6.07 Å². The number of aromatic nitrogens is 1. The van der Waals surface area contributed by atoms with E-state index in [0.717, 1.165) is 23.7 Å². The van der Waals surface area contributed by atoms with Gasteiger partial charge in [0.05, 0.1) is 23.5 Å². The lowest BCUT2D eigenvalue weighted by Gasteiger charge is -2.09. The number of rotatable bonds is 9. The van der Waals surface area contributed by atoms with Gasteiger partial charge in [-0.3, -0.25) is 4.98 Å². The maximum Gasteiger partial charge on any atom is 0.339 e. The molecule has 0 radical (unpaired) electrons. The van der Waals surface area contributed by atoms with Gasteiger partial charge in [0.15, 0.2) is 0 Å². The maximum atomic E-state index is 11.3. The highest BCUT2D eigenvalue weighted by Gasteiger charge is 2.14. The molecule has 0 spiro atoms. The summed E-state index contributed by atoms with van der Waals surface area (Å²) < 4.78 is 0. The Morgan fingerprint density at radius 1 is 1.00 bits per heavy atom. The largest absolute Gasteiger partial charge is 0.505 e. The second-order valence-electron chi connectivity index (χ2n) is 7.63. The van der Waals surface area contributed by atoms with Crippen LogP contribution in [0.15, 0.2) is 54.7 Å². The van der Waals surface area contributed by atoms with Crippen LogP contribution in [0.2, 0.25) is 0 Å². The van der Waals surface area contributed by atoms with E-state index in [1.807, 2.05) is 24.3 Å². The molecule has 1 aromatic heterocycles. The van der Waals surface area contributed by atoms with Crippen LogP contribution in [0, 0.1) is 11.3 Å². The normalized spacial score (nSPS) is 10.6. The summed E-state index contributed by atoms with van der Waals surface area (Å²) in [4.78, 5) is 15.4. The topological polar surface area (TPSA) is 94.2 Å². The Labute approximate surface area is 182 Å². The molecule has 5 heteroatoms. The number of hydrogen-bond acceptors (Lipinski definition) is 4. The van der Waals surface area contributed by atoms with Crippen LogP contribution in [0.3, 0.4) is 0 Å². The zero-order chi connectivity index (χ0) is 22.2. The predicted octanol–water partition coefficient (Wildman–Crippen LogP) is 6.20. The van der Waals surface area contributed by atoms with Gasteiger partial charge in [0, 0.05) is 5.56 Å². The Hall–Kier alpha value is -3.65. The van der Waals surface area contributed by atoms with Crippen molar-refractivity contribution < 1.29 is 15.0 Å². The summed E-state index contributed by atoms with van der Waals surface area (Å²) in [6.45, 7) is 2.22. The number of pyridine rings is 1. The molecule has 0 bridgehead atoms. The minimum Gasteiger partial charge on any atom is -0.505 e. The SMILES string of the molecule is CCCCCCCc1ccc(-c2ccc(-c3cc(C(=O)O)c(O)cn3)cc2C#N)cc1. The molecule has 2 N–H and O–H groups in total. The molecule has 0 amide bonds. The van der Waals surface area contributed by atoms with Crippen molar-refractivity contribution in [2.45, 2.75) is 45.4 Å². The third-order valence-electron chi connectivity index (χ3n) is 5.38. The van der Waals surface area contributed by atoms with E-state index in [4.69, 9.17) is 0 Å². The lowest BCUT2D eigenvalue weighted by molar-refractivity contribution is 0.0693. The minimum atomic E-state index is -1.23. The quantitative estimate of drug-likeness (QED) is 0.406. The summed E-state index contributed by atoms with van der Waals surface area (Å²) >= 11 is 0. The summed E-state index contributed by atoms with van der Waals surface area (Å²) in [6, 6.07) is 17.2. The highest BCUT2D eigenvalue weighted by atomic mass is 16.4. The van der Waals surface area contributed by atoms with E-state index in [9.17, 15) is 20.3 Å². The van der Waals surface area contributed by atoms with E-state index in [1.165, 1.54) is 43.7 Å². The van der Waals surface area contributed by atoms with Gasteiger partial charge in [-0.2, -0.15) is 5.26 Å². The Kier molecular flexibility index (Phi) is 7.40. The number of carboxylic acids is 1. The first-order valence-corrected chi connectivity index (χ1v) is 10.6. The number of nitriles is 1.